The van der Waals surface area contributed by atoms with Gasteiger partial charge in [-0.2, -0.15) is 0 Å². The Kier molecular flexibility index (Phi) is 7.74. The summed E-state index contributed by atoms with van der Waals surface area (Å²) in [5.41, 5.74) is 3.74. The fourth-order valence-electron chi connectivity index (χ4n) is 3.54. The van der Waals surface area contributed by atoms with Gasteiger partial charge in [-0.05, 0) is 73.4 Å². The van der Waals surface area contributed by atoms with Crippen molar-refractivity contribution in [2.24, 2.45) is 5.92 Å². The van der Waals surface area contributed by atoms with Gasteiger partial charge < -0.3 is 9.46 Å². The first-order valence-electron chi connectivity index (χ1n) is 11.0. The molecule has 0 fully saturated rings. The maximum Gasteiger partial charge on any atom is 0.264 e. The molecular formula is C24H31B2N3O3S. The Labute approximate surface area is 199 Å². The number of pyridine rings is 1. The van der Waals surface area contributed by atoms with E-state index in [1.165, 1.54) is 4.31 Å². The monoisotopic (exact) mass is 463 g/mol. The fraction of sp³-hybridized carbons (Fsp3) is 0.292. The minimum absolute atomic E-state index is 0.176. The minimum atomic E-state index is -3.72. The van der Waals surface area contributed by atoms with E-state index >= 15 is 0 Å². The van der Waals surface area contributed by atoms with Crippen molar-refractivity contribution in [1.82, 2.24) is 4.98 Å². The Bertz CT molecular complexity index is 1200. The molecule has 0 bridgehead atoms. The van der Waals surface area contributed by atoms with Crippen LogP contribution in [0.5, 0.6) is 5.75 Å². The highest BCUT2D eigenvalue weighted by atomic mass is 32.2. The summed E-state index contributed by atoms with van der Waals surface area (Å²) in [6.07, 6.45) is 1.75. The Morgan fingerprint density at radius 1 is 1.00 bits per heavy atom. The lowest BCUT2D eigenvalue weighted by atomic mass is 10.1. The average molecular weight is 463 g/mol. The molecule has 0 saturated carbocycles. The summed E-state index contributed by atoms with van der Waals surface area (Å²) >= 11 is 0. The molecular weight excluding hydrogens is 432 g/mol. The predicted octanol–water partition coefficient (Wildman–Crippen LogP) is 3.03. The molecule has 0 N–H and O–H groups in total. The summed E-state index contributed by atoms with van der Waals surface area (Å²) in [5.74, 6) is 1.64. The van der Waals surface area contributed by atoms with Gasteiger partial charge in [-0.25, -0.2) is 13.4 Å². The second kappa shape index (κ2) is 10.3. The molecule has 0 amide bonds. The van der Waals surface area contributed by atoms with Crippen molar-refractivity contribution in [2.75, 3.05) is 15.6 Å². The molecule has 0 aliphatic carbocycles. The summed E-state index contributed by atoms with van der Waals surface area (Å²) in [6.45, 7) is 8.76. The predicted molar refractivity (Wildman–Crippen MR) is 140 cm³/mol. The number of aromatic nitrogens is 1. The molecule has 3 rings (SSSR count). The van der Waals surface area contributed by atoms with E-state index in [4.69, 9.17) is 4.74 Å². The first-order valence-corrected chi connectivity index (χ1v) is 12.5. The number of hydrogen-bond acceptors (Lipinski definition) is 5. The molecule has 0 radical (unpaired) electrons. The second-order valence-electron chi connectivity index (χ2n) is 8.90. The van der Waals surface area contributed by atoms with Crippen molar-refractivity contribution >= 4 is 37.5 Å². The van der Waals surface area contributed by atoms with E-state index in [1.54, 1.807) is 30.5 Å². The van der Waals surface area contributed by atoms with Gasteiger partial charge in [-0.15, -0.1) is 0 Å². The zero-order chi connectivity index (χ0) is 24.2. The highest BCUT2D eigenvalue weighted by Gasteiger charge is 2.27. The molecule has 2 aromatic carbocycles. The molecule has 9 heteroatoms. The van der Waals surface area contributed by atoms with E-state index < -0.39 is 10.0 Å². The van der Waals surface area contributed by atoms with Crippen molar-refractivity contribution in [1.29, 1.82) is 0 Å². The maximum absolute atomic E-state index is 13.6. The molecule has 172 valence electrons. The van der Waals surface area contributed by atoms with Gasteiger partial charge in [-0.1, -0.05) is 31.5 Å². The molecule has 6 nitrogen and oxygen atoms in total. The molecule has 0 aliphatic heterocycles. The van der Waals surface area contributed by atoms with Gasteiger partial charge >= 0.3 is 0 Å². The van der Waals surface area contributed by atoms with Crippen LogP contribution in [-0.4, -0.2) is 35.9 Å². The summed E-state index contributed by atoms with van der Waals surface area (Å²) in [7, 11) is 0.155. The van der Waals surface area contributed by atoms with Crippen LogP contribution in [0.1, 0.15) is 30.5 Å². The Morgan fingerprint density at radius 3 is 2.30 bits per heavy atom. The van der Waals surface area contributed by atoms with Gasteiger partial charge in [-0.3, -0.25) is 4.31 Å². The van der Waals surface area contributed by atoms with Crippen LogP contribution in [0.3, 0.4) is 0 Å². The van der Waals surface area contributed by atoms with E-state index in [0.717, 1.165) is 22.5 Å². The summed E-state index contributed by atoms with van der Waals surface area (Å²) in [6, 6.07) is 16.3. The summed E-state index contributed by atoms with van der Waals surface area (Å²) in [4.78, 5) is 4.55. The van der Waals surface area contributed by atoms with E-state index in [9.17, 15) is 8.42 Å². The maximum atomic E-state index is 13.6. The molecule has 33 heavy (non-hydrogen) atoms. The van der Waals surface area contributed by atoms with E-state index in [1.807, 2.05) is 78.7 Å². The van der Waals surface area contributed by atoms with E-state index in [0.29, 0.717) is 24.6 Å². The van der Waals surface area contributed by atoms with Crippen LogP contribution in [0, 0.1) is 19.8 Å². The lowest BCUT2D eigenvalue weighted by Crippen LogP contribution is -2.34. The first-order chi connectivity index (χ1) is 15.6. The van der Waals surface area contributed by atoms with Gasteiger partial charge in [0.1, 0.15) is 18.2 Å². The first kappa shape index (κ1) is 24.7. The zero-order valence-corrected chi connectivity index (χ0v) is 21.1. The number of nitrogens with zero attached hydrogens (tertiary/aromatic N) is 3. The van der Waals surface area contributed by atoms with Gasteiger partial charge in [0.15, 0.2) is 0 Å². The molecule has 1 aromatic heterocycles. The minimum Gasteiger partial charge on any atom is -0.489 e. The van der Waals surface area contributed by atoms with Gasteiger partial charge in [0.05, 0.1) is 10.6 Å². The fourth-order valence-corrected chi connectivity index (χ4v) is 5.23. The van der Waals surface area contributed by atoms with Gasteiger partial charge in [0.25, 0.3) is 10.0 Å². The third kappa shape index (κ3) is 6.10. The van der Waals surface area contributed by atoms with Crippen LogP contribution in [0.4, 0.5) is 11.5 Å². The zero-order valence-electron chi connectivity index (χ0n) is 20.2. The quantitative estimate of drug-likeness (QED) is 0.457. The third-order valence-electron chi connectivity index (χ3n) is 5.24. The van der Waals surface area contributed by atoms with Gasteiger partial charge in [0.2, 0.25) is 16.0 Å². The normalized spacial score (nSPS) is 11.4. The van der Waals surface area contributed by atoms with Crippen LogP contribution in [-0.2, 0) is 16.6 Å². The van der Waals surface area contributed by atoms with Crippen LogP contribution in [0.2, 0.25) is 0 Å². The highest BCUT2D eigenvalue weighted by molar-refractivity contribution is 7.92. The number of benzene rings is 2. The van der Waals surface area contributed by atoms with Crippen LogP contribution in [0.25, 0.3) is 0 Å². The van der Waals surface area contributed by atoms with E-state index in [-0.39, 0.29) is 10.8 Å². The van der Waals surface area contributed by atoms with Crippen LogP contribution >= 0.6 is 0 Å². The number of rotatable bonds is 9. The smallest absolute Gasteiger partial charge is 0.264 e. The molecule has 0 aliphatic rings. The van der Waals surface area contributed by atoms with Crippen LogP contribution in [0.15, 0.2) is 65.7 Å². The Morgan fingerprint density at radius 2 is 1.70 bits per heavy atom. The SMILES string of the molecule is BN(B)c1cc(COc2ccc(S(=O)(=O)N(CC(C)C)c3ccc(C)cc3C)cc2)ccn1. The highest BCUT2D eigenvalue weighted by Crippen LogP contribution is 2.29. The lowest BCUT2D eigenvalue weighted by Gasteiger charge is -2.28. The molecule has 3 aromatic rings. The lowest BCUT2D eigenvalue weighted by molar-refractivity contribution is 0.306. The third-order valence-corrected chi connectivity index (χ3v) is 7.03. The second-order valence-corrected chi connectivity index (χ2v) is 10.8. The largest absolute Gasteiger partial charge is 0.489 e. The van der Waals surface area contributed by atoms with Crippen molar-refractivity contribution < 1.29 is 13.2 Å². The van der Waals surface area contributed by atoms with Crippen molar-refractivity contribution in [3.05, 3.63) is 77.5 Å². The van der Waals surface area contributed by atoms with E-state index in [2.05, 4.69) is 4.98 Å². The molecule has 0 atom stereocenters. The van der Waals surface area contributed by atoms with Crippen LogP contribution < -0.4 is 13.8 Å². The summed E-state index contributed by atoms with van der Waals surface area (Å²) < 4.78 is 36.5. The van der Waals surface area contributed by atoms with Gasteiger partial charge in [0, 0.05) is 12.7 Å². The standard InChI is InChI=1S/C24H31B2N3O3S/c1-17(2)15-28(23-10-5-18(3)13-19(23)4)33(30,31)22-8-6-21(7-9-22)32-16-20-11-12-27-24(14-20)29(25)26/h5-14,17H,15-16,25-26H2,1-4H3. The number of aryl methyl sites for hydroxylation is 2. The number of ether oxygens (including phenoxy) is 1. The molecule has 0 unspecified atom stereocenters. The topological polar surface area (TPSA) is 62.7 Å². The molecule has 0 saturated heterocycles. The van der Waals surface area contributed by atoms with Crippen molar-refractivity contribution in [3.63, 3.8) is 0 Å². The average Bonchev–Trinajstić information content (AvgIpc) is 2.77. The van der Waals surface area contributed by atoms with Crippen molar-refractivity contribution in [3.8, 4) is 5.75 Å². The Hall–Kier alpha value is -2.93. The molecule has 1 heterocycles. The Balaban J connectivity index is 1.81. The number of anilines is 2. The molecule has 0 spiro atoms. The number of sulfonamides is 1. The van der Waals surface area contributed by atoms with Crippen molar-refractivity contribution in [2.45, 2.75) is 39.2 Å². The number of hydrogen-bond donors (Lipinski definition) is 0. The summed E-state index contributed by atoms with van der Waals surface area (Å²) in [5, 5.41) is 0.